The Hall–Kier alpha value is -1.36. The molecule has 0 spiro atoms. The van der Waals surface area contributed by atoms with Crippen LogP contribution in [0.25, 0.3) is 0 Å². The molecular formula is C15H24N2O3. The third kappa shape index (κ3) is 3.03. The molecule has 1 amide bonds. The molecule has 1 aromatic rings. The fraction of sp³-hybridized carbons (Fsp3) is 0.733. The summed E-state index contributed by atoms with van der Waals surface area (Å²) in [5, 5.41) is 6.91. The number of nitrogens with zero attached hydrogens (tertiary/aromatic N) is 1. The van der Waals surface area contributed by atoms with Crippen LogP contribution in [0, 0.1) is 18.8 Å². The number of hydrogen-bond donors (Lipinski definition) is 1. The number of amides is 1. The van der Waals surface area contributed by atoms with Gasteiger partial charge in [0.25, 0.3) is 0 Å². The summed E-state index contributed by atoms with van der Waals surface area (Å²) in [5.41, 5.74) is 1.46. The van der Waals surface area contributed by atoms with E-state index in [1.807, 2.05) is 13.8 Å². The lowest BCUT2D eigenvalue weighted by Crippen LogP contribution is -2.41. The van der Waals surface area contributed by atoms with E-state index in [2.05, 4.69) is 24.3 Å². The van der Waals surface area contributed by atoms with Crippen LogP contribution in [-0.2, 0) is 16.0 Å². The van der Waals surface area contributed by atoms with Gasteiger partial charge in [-0.2, -0.15) is 0 Å². The van der Waals surface area contributed by atoms with Gasteiger partial charge in [0, 0.05) is 13.0 Å². The predicted molar refractivity (Wildman–Crippen MR) is 76.5 cm³/mol. The predicted octanol–water partition coefficient (Wildman–Crippen LogP) is 2.94. The Morgan fingerprint density at radius 1 is 1.50 bits per heavy atom. The van der Waals surface area contributed by atoms with E-state index < -0.39 is 0 Å². The van der Waals surface area contributed by atoms with Crippen LogP contribution in [0.1, 0.15) is 45.1 Å². The second-order valence-corrected chi connectivity index (χ2v) is 5.74. The Morgan fingerprint density at radius 2 is 2.25 bits per heavy atom. The van der Waals surface area contributed by atoms with Gasteiger partial charge in [-0.15, -0.1) is 0 Å². The van der Waals surface area contributed by atoms with Gasteiger partial charge < -0.3 is 14.6 Å². The third-order valence-electron chi connectivity index (χ3n) is 3.86. The zero-order valence-electron chi connectivity index (χ0n) is 12.7. The number of nitrogens with one attached hydrogen (secondary N) is 1. The van der Waals surface area contributed by atoms with Crippen LogP contribution in [-0.4, -0.2) is 23.8 Å². The van der Waals surface area contributed by atoms with Gasteiger partial charge in [0.05, 0.1) is 12.0 Å². The van der Waals surface area contributed by atoms with Crippen molar-refractivity contribution in [1.82, 2.24) is 5.16 Å². The van der Waals surface area contributed by atoms with Crippen molar-refractivity contribution in [3.63, 3.8) is 0 Å². The van der Waals surface area contributed by atoms with Crippen molar-refractivity contribution in [2.24, 2.45) is 11.8 Å². The van der Waals surface area contributed by atoms with Crippen molar-refractivity contribution < 1.29 is 14.1 Å². The average Bonchev–Trinajstić information content (AvgIpc) is 2.79. The van der Waals surface area contributed by atoms with Crippen LogP contribution in [0.5, 0.6) is 0 Å². The molecular weight excluding hydrogens is 256 g/mol. The van der Waals surface area contributed by atoms with Crippen LogP contribution in [0.3, 0.4) is 0 Å². The van der Waals surface area contributed by atoms with Gasteiger partial charge >= 0.3 is 0 Å². The molecule has 5 heteroatoms. The summed E-state index contributed by atoms with van der Waals surface area (Å²) in [5.74, 6) is 0.987. The van der Waals surface area contributed by atoms with Gasteiger partial charge in [-0.1, -0.05) is 25.9 Å². The van der Waals surface area contributed by atoms with Crippen molar-refractivity contribution in [2.75, 3.05) is 11.9 Å². The minimum atomic E-state index is -0.0947. The highest BCUT2D eigenvalue weighted by atomic mass is 16.5. The molecule has 0 bridgehead atoms. The second-order valence-electron chi connectivity index (χ2n) is 5.74. The lowest BCUT2D eigenvalue weighted by atomic mass is 9.86. The second kappa shape index (κ2) is 6.39. The fourth-order valence-electron chi connectivity index (χ4n) is 2.77. The number of rotatable bonds is 4. The van der Waals surface area contributed by atoms with E-state index in [-0.39, 0.29) is 17.9 Å². The molecule has 0 radical (unpaired) electrons. The number of ether oxygens (including phenoxy) is 1. The standard InChI is InChI=1S/C15H24N2O3/c1-5-12-13(10(4)17-20-12)16-15(18)11-7-6-8-19-14(11)9(2)3/h9,11,14H,5-8H2,1-4H3,(H,16,18). The lowest BCUT2D eigenvalue weighted by molar-refractivity contribution is -0.131. The number of hydrogen-bond acceptors (Lipinski definition) is 4. The molecule has 20 heavy (non-hydrogen) atoms. The molecule has 1 saturated heterocycles. The fourth-order valence-corrected chi connectivity index (χ4v) is 2.77. The number of aryl methyl sites for hydroxylation is 2. The van der Waals surface area contributed by atoms with E-state index in [0.29, 0.717) is 12.3 Å². The Kier molecular flexibility index (Phi) is 4.81. The molecule has 2 unspecified atom stereocenters. The number of anilines is 1. The van der Waals surface area contributed by atoms with E-state index in [0.717, 1.165) is 36.6 Å². The summed E-state index contributed by atoms with van der Waals surface area (Å²) < 4.78 is 11.0. The summed E-state index contributed by atoms with van der Waals surface area (Å²) in [7, 11) is 0. The molecule has 1 aromatic heterocycles. The molecule has 1 N–H and O–H groups in total. The third-order valence-corrected chi connectivity index (χ3v) is 3.86. The van der Waals surface area contributed by atoms with Crippen molar-refractivity contribution in [3.05, 3.63) is 11.5 Å². The van der Waals surface area contributed by atoms with E-state index >= 15 is 0 Å². The molecule has 1 aliphatic heterocycles. The van der Waals surface area contributed by atoms with Crippen LogP contribution in [0.15, 0.2) is 4.52 Å². The zero-order chi connectivity index (χ0) is 14.7. The van der Waals surface area contributed by atoms with Gasteiger partial charge in [0.15, 0.2) is 5.76 Å². The Morgan fingerprint density at radius 3 is 2.90 bits per heavy atom. The van der Waals surface area contributed by atoms with E-state index in [9.17, 15) is 4.79 Å². The first-order valence-corrected chi connectivity index (χ1v) is 7.42. The SMILES string of the molecule is CCc1onc(C)c1NC(=O)C1CCCOC1C(C)C. The van der Waals surface area contributed by atoms with Crippen LogP contribution in [0.2, 0.25) is 0 Å². The first-order chi connectivity index (χ1) is 9.54. The van der Waals surface area contributed by atoms with Crippen molar-refractivity contribution in [2.45, 2.75) is 53.1 Å². The van der Waals surface area contributed by atoms with Gasteiger partial charge in [-0.25, -0.2) is 0 Å². The van der Waals surface area contributed by atoms with E-state index in [1.54, 1.807) is 0 Å². The van der Waals surface area contributed by atoms with E-state index in [1.165, 1.54) is 0 Å². The van der Waals surface area contributed by atoms with Crippen molar-refractivity contribution in [3.8, 4) is 0 Å². The zero-order valence-corrected chi connectivity index (χ0v) is 12.7. The number of carbonyl (C=O) groups excluding carboxylic acids is 1. The average molecular weight is 280 g/mol. The monoisotopic (exact) mass is 280 g/mol. The summed E-state index contributed by atoms with van der Waals surface area (Å²) in [6.45, 7) is 8.77. The molecule has 1 fully saturated rings. The minimum Gasteiger partial charge on any atom is -0.377 e. The Bertz CT molecular complexity index is 468. The first-order valence-electron chi connectivity index (χ1n) is 7.42. The number of carbonyl (C=O) groups is 1. The van der Waals surface area contributed by atoms with Crippen molar-refractivity contribution >= 4 is 11.6 Å². The van der Waals surface area contributed by atoms with Crippen molar-refractivity contribution in [1.29, 1.82) is 0 Å². The largest absolute Gasteiger partial charge is 0.377 e. The topological polar surface area (TPSA) is 64.4 Å². The normalized spacial score (nSPS) is 23.1. The smallest absolute Gasteiger partial charge is 0.230 e. The maximum atomic E-state index is 12.5. The molecule has 0 saturated carbocycles. The molecule has 0 aromatic carbocycles. The number of aromatic nitrogens is 1. The van der Waals surface area contributed by atoms with Gasteiger partial charge in [-0.3, -0.25) is 4.79 Å². The molecule has 2 heterocycles. The summed E-state index contributed by atoms with van der Waals surface area (Å²) in [6.07, 6.45) is 2.52. The molecule has 112 valence electrons. The summed E-state index contributed by atoms with van der Waals surface area (Å²) in [4.78, 5) is 12.5. The van der Waals surface area contributed by atoms with Crippen LogP contribution in [0.4, 0.5) is 5.69 Å². The maximum absolute atomic E-state index is 12.5. The molecule has 2 rings (SSSR count). The van der Waals surface area contributed by atoms with Crippen LogP contribution >= 0.6 is 0 Å². The molecule has 1 aliphatic rings. The highest BCUT2D eigenvalue weighted by Gasteiger charge is 2.34. The maximum Gasteiger partial charge on any atom is 0.230 e. The van der Waals surface area contributed by atoms with E-state index in [4.69, 9.17) is 9.26 Å². The highest BCUT2D eigenvalue weighted by molar-refractivity contribution is 5.94. The first kappa shape index (κ1) is 15.0. The highest BCUT2D eigenvalue weighted by Crippen LogP contribution is 2.29. The minimum absolute atomic E-state index is 0.00556. The lowest BCUT2D eigenvalue weighted by Gasteiger charge is -2.33. The molecule has 2 atom stereocenters. The Labute approximate surface area is 120 Å². The van der Waals surface area contributed by atoms with Crippen LogP contribution < -0.4 is 5.32 Å². The Balaban J connectivity index is 2.12. The summed E-state index contributed by atoms with van der Waals surface area (Å²) in [6, 6.07) is 0. The summed E-state index contributed by atoms with van der Waals surface area (Å²) >= 11 is 0. The molecule has 0 aliphatic carbocycles. The van der Waals surface area contributed by atoms with Gasteiger partial charge in [0.1, 0.15) is 11.4 Å². The van der Waals surface area contributed by atoms with Gasteiger partial charge in [0.2, 0.25) is 5.91 Å². The molecule has 5 nitrogen and oxygen atoms in total. The van der Waals surface area contributed by atoms with Gasteiger partial charge in [-0.05, 0) is 25.7 Å². The quantitative estimate of drug-likeness (QED) is 0.921.